The molecule has 0 spiro atoms. The Morgan fingerprint density at radius 3 is 2.63 bits per heavy atom. The zero-order valence-corrected chi connectivity index (χ0v) is 10.1. The minimum absolute atomic E-state index is 0.871. The van der Waals surface area contributed by atoms with Crippen molar-refractivity contribution in [3.05, 3.63) is 67.0 Å². The normalized spacial score (nSPS) is 11.2. The molecule has 0 N–H and O–H groups in total. The van der Waals surface area contributed by atoms with Gasteiger partial charge in [0.1, 0.15) is 11.2 Å². The van der Waals surface area contributed by atoms with Gasteiger partial charge >= 0.3 is 0 Å². The second-order valence-electron chi connectivity index (χ2n) is 4.44. The van der Waals surface area contributed by atoms with E-state index >= 15 is 0 Å². The van der Waals surface area contributed by atoms with Crippen LogP contribution in [-0.2, 0) is 0 Å². The maximum Gasteiger partial charge on any atom is 0.136 e. The number of para-hydroxylation sites is 1. The summed E-state index contributed by atoms with van der Waals surface area (Å²) in [5, 5.41) is 2.28. The first kappa shape index (κ1) is 10.3. The van der Waals surface area contributed by atoms with Crippen LogP contribution in [-0.4, -0.2) is 4.98 Å². The first-order valence-electron chi connectivity index (χ1n) is 6.15. The summed E-state index contributed by atoms with van der Waals surface area (Å²) >= 11 is 0. The van der Waals surface area contributed by atoms with Crippen LogP contribution in [0.2, 0.25) is 0 Å². The summed E-state index contributed by atoms with van der Waals surface area (Å²) in [5.74, 6) is 0. The van der Waals surface area contributed by atoms with Crippen molar-refractivity contribution in [3.63, 3.8) is 0 Å². The van der Waals surface area contributed by atoms with Crippen LogP contribution in [0.1, 0.15) is 0 Å². The summed E-state index contributed by atoms with van der Waals surface area (Å²) in [4.78, 5) is 4.07. The van der Waals surface area contributed by atoms with Gasteiger partial charge in [-0.05, 0) is 47.5 Å². The molecule has 0 amide bonds. The summed E-state index contributed by atoms with van der Waals surface area (Å²) < 4.78 is 5.87. The summed E-state index contributed by atoms with van der Waals surface area (Å²) in [5.41, 5.74) is 4.04. The third-order valence-corrected chi connectivity index (χ3v) is 3.33. The fourth-order valence-corrected chi connectivity index (χ4v) is 2.48. The lowest BCUT2D eigenvalue weighted by atomic mass is 10.0. The van der Waals surface area contributed by atoms with Gasteiger partial charge in [-0.25, -0.2) is 0 Å². The predicted octanol–water partition coefficient (Wildman–Crippen LogP) is 4.45. The van der Waals surface area contributed by atoms with Gasteiger partial charge in [-0.3, -0.25) is 4.98 Å². The van der Waals surface area contributed by atoms with E-state index in [4.69, 9.17) is 4.42 Å². The smallest absolute Gasteiger partial charge is 0.136 e. The molecule has 0 aliphatic rings. The van der Waals surface area contributed by atoms with Gasteiger partial charge in [0.25, 0.3) is 0 Å². The van der Waals surface area contributed by atoms with Crippen LogP contribution in [0.5, 0.6) is 0 Å². The number of hydrogen-bond donors (Lipinski definition) is 0. The molecule has 0 unspecified atom stereocenters. The van der Waals surface area contributed by atoms with Crippen LogP contribution in [0.25, 0.3) is 33.1 Å². The van der Waals surface area contributed by atoms with E-state index in [2.05, 4.69) is 17.1 Å². The summed E-state index contributed by atoms with van der Waals surface area (Å²) in [6.07, 6.45) is 3.60. The van der Waals surface area contributed by atoms with Crippen molar-refractivity contribution in [2.24, 2.45) is 0 Å². The maximum absolute atomic E-state index is 5.87. The molecule has 1 radical (unpaired) electrons. The lowest BCUT2D eigenvalue weighted by Gasteiger charge is -2.02. The van der Waals surface area contributed by atoms with E-state index < -0.39 is 0 Å². The molecule has 0 aliphatic heterocycles. The Bertz CT molecular complexity index is 862. The SMILES string of the molecule is [c]1cc(-c2ccncc2)c2c(c1)oc1ccccc12. The number of hydrogen-bond acceptors (Lipinski definition) is 2. The van der Waals surface area contributed by atoms with Crippen molar-refractivity contribution in [2.45, 2.75) is 0 Å². The molecule has 4 rings (SSSR count). The van der Waals surface area contributed by atoms with Gasteiger partial charge in [0.2, 0.25) is 0 Å². The highest BCUT2D eigenvalue weighted by Gasteiger charge is 2.11. The molecule has 2 aromatic carbocycles. The lowest BCUT2D eigenvalue weighted by Crippen LogP contribution is -1.80. The number of nitrogens with zero attached hydrogens (tertiary/aromatic N) is 1. The lowest BCUT2D eigenvalue weighted by molar-refractivity contribution is 0.669. The molecular weight excluding hydrogens is 234 g/mol. The molecule has 0 fully saturated rings. The van der Waals surface area contributed by atoms with Crippen molar-refractivity contribution in [3.8, 4) is 11.1 Å². The largest absolute Gasteiger partial charge is 0.456 e. The van der Waals surface area contributed by atoms with Crippen LogP contribution in [0.4, 0.5) is 0 Å². The molecule has 4 aromatic rings. The van der Waals surface area contributed by atoms with Gasteiger partial charge in [-0.15, -0.1) is 0 Å². The average Bonchev–Trinajstić information content (AvgIpc) is 2.86. The van der Waals surface area contributed by atoms with Gasteiger partial charge in [-0.2, -0.15) is 0 Å². The Morgan fingerprint density at radius 1 is 0.895 bits per heavy atom. The van der Waals surface area contributed by atoms with Crippen molar-refractivity contribution < 1.29 is 4.42 Å². The monoisotopic (exact) mass is 244 g/mol. The van der Waals surface area contributed by atoms with Crippen LogP contribution in [0.3, 0.4) is 0 Å². The predicted molar refractivity (Wildman–Crippen MR) is 75.8 cm³/mol. The number of aromatic nitrogens is 1. The standard InChI is InChI=1S/C17H10NO/c1-2-6-15-14(4-1)17-13(5-3-7-16(17)19-15)12-8-10-18-11-9-12/h1-2,4-11H. The van der Waals surface area contributed by atoms with E-state index in [1.807, 2.05) is 42.5 Å². The minimum atomic E-state index is 0.871. The topological polar surface area (TPSA) is 26.0 Å². The van der Waals surface area contributed by atoms with Gasteiger partial charge in [-0.1, -0.05) is 18.2 Å². The summed E-state index contributed by atoms with van der Waals surface area (Å²) in [6.45, 7) is 0. The molecule has 0 saturated heterocycles. The summed E-state index contributed by atoms with van der Waals surface area (Å²) in [7, 11) is 0. The number of fused-ring (bicyclic) bond motifs is 3. The Morgan fingerprint density at radius 2 is 1.74 bits per heavy atom. The zero-order chi connectivity index (χ0) is 12.7. The average molecular weight is 244 g/mol. The van der Waals surface area contributed by atoms with Gasteiger partial charge in [0, 0.05) is 23.2 Å². The molecule has 2 heterocycles. The number of rotatable bonds is 1. The minimum Gasteiger partial charge on any atom is -0.456 e. The van der Waals surface area contributed by atoms with E-state index in [0.29, 0.717) is 0 Å². The van der Waals surface area contributed by atoms with Crippen molar-refractivity contribution >= 4 is 21.9 Å². The molecule has 0 bridgehead atoms. The molecule has 0 aliphatic carbocycles. The molecular formula is C17H10NO. The Hall–Kier alpha value is -2.61. The fraction of sp³-hybridized carbons (Fsp3) is 0. The van der Waals surface area contributed by atoms with Crippen molar-refractivity contribution in [1.82, 2.24) is 4.98 Å². The molecule has 2 nitrogen and oxygen atoms in total. The van der Waals surface area contributed by atoms with Crippen molar-refractivity contribution in [1.29, 1.82) is 0 Å². The van der Waals surface area contributed by atoms with Crippen LogP contribution in [0, 0.1) is 6.07 Å². The van der Waals surface area contributed by atoms with Gasteiger partial charge in [0.15, 0.2) is 0 Å². The fourth-order valence-electron chi connectivity index (χ4n) is 2.48. The molecule has 89 valence electrons. The maximum atomic E-state index is 5.87. The second-order valence-corrected chi connectivity index (χ2v) is 4.44. The number of furan rings is 1. The Labute approximate surface area is 110 Å². The first-order valence-corrected chi connectivity index (χ1v) is 6.15. The quantitative estimate of drug-likeness (QED) is 0.494. The van der Waals surface area contributed by atoms with E-state index in [-0.39, 0.29) is 0 Å². The van der Waals surface area contributed by atoms with Crippen LogP contribution < -0.4 is 0 Å². The molecule has 2 heteroatoms. The number of pyridine rings is 1. The highest BCUT2D eigenvalue weighted by atomic mass is 16.3. The Kier molecular flexibility index (Phi) is 2.15. The Balaban J connectivity index is 2.17. The molecule has 0 atom stereocenters. The zero-order valence-electron chi connectivity index (χ0n) is 10.1. The van der Waals surface area contributed by atoms with Crippen LogP contribution in [0.15, 0.2) is 65.3 Å². The third-order valence-electron chi connectivity index (χ3n) is 3.33. The highest BCUT2D eigenvalue weighted by molar-refractivity contribution is 6.12. The van der Waals surface area contributed by atoms with E-state index in [1.165, 1.54) is 0 Å². The van der Waals surface area contributed by atoms with Gasteiger partial charge < -0.3 is 4.42 Å². The van der Waals surface area contributed by atoms with Crippen LogP contribution >= 0.6 is 0 Å². The van der Waals surface area contributed by atoms with E-state index in [0.717, 1.165) is 33.1 Å². The van der Waals surface area contributed by atoms with Crippen molar-refractivity contribution in [2.75, 3.05) is 0 Å². The molecule has 19 heavy (non-hydrogen) atoms. The molecule has 0 saturated carbocycles. The summed E-state index contributed by atoms with van der Waals surface area (Å²) in [6, 6.07) is 19.1. The number of benzene rings is 2. The van der Waals surface area contributed by atoms with E-state index in [1.54, 1.807) is 12.4 Å². The van der Waals surface area contributed by atoms with Gasteiger partial charge in [0.05, 0.1) is 0 Å². The third kappa shape index (κ3) is 1.54. The van der Waals surface area contributed by atoms with E-state index in [9.17, 15) is 0 Å². The highest BCUT2D eigenvalue weighted by Crippen LogP contribution is 2.35. The first-order chi connectivity index (χ1) is 9.43. The second kappa shape index (κ2) is 3.95. The molecule has 2 aromatic heterocycles.